The lowest BCUT2D eigenvalue weighted by Crippen LogP contribution is -2.10. The molecular weight excluding hydrogens is 486 g/mol. The van der Waals surface area contributed by atoms with Gasteiger partial charge in [-0.2, -0.15) is 0 Å². The Morgan fingerprint density at radius 3 is 1.77 bits per heavy atom. The second-order valence-corrected chi connectivity index (χ2v) is 10.5. The fraction of sp³-hybridized carbons (Fsp3) is 0.0526. The second-order valence-electron chi connectivity index (χ2n) is 10.5. The first-order chi connectivity index (χ1) is 19.8. The van der Waals surface area contributed by atoms with Gasteiger partial charge in [-0.05, 0) is 69.9 Å². The smallest absolute Gasteiger partial charge is 0.143 e. The van der Waals surface area contributed by atoms with E-state index in [1.54, 1.807) is 0 Å². The van der Waals surface area contributed by atoms with Gasteiger partial charge in [-0.15, -0.1) is 0 Å². The highest BCUT2D eigenvalue weighted by molar-refractivity contribution is 6.20. The Labute approximate surface area is 232 Å². The van der Waals surface area contributed by atoms with Crippen LogP contribution in [0.1, 0.15) is 12.5 Å². The molecule has 0 bridgehead atoms. The Morgan fingerprint density at radius 2 is 1.12 bits per heavy atom. The first-order valence-electron chi connectivity index (χ1n) is 13.9. The predicted octanol–water partition coefficient (Wildman–Crippen LogP) is 11.1. The largest absolute Gasteiger partial charge is 0.455 e. The molecule has 7 aromatic carbocycles. The van der Waals surface area contributed by atoms with Crippen LogP contribution in [-0.4, -0.2) is 0 Å². The first kappa shape index (κ1) is 22.9. The highest BCUT2D eigenvalue weighted by Gasteiger charge is 2.21. The van der Waals surface area contributed by atoms with Crippen LogP contribution in [0.2, 0.25) is 0 Å². The molecule has 0 atom stereocenters. The molecule has 0 amide bonds. The Hall–Kier alpha value is -5.08. The Bertz CT molecular complexity index is 2140. The monoisotopic (exact) mass is 513 g/mol. The molecular formula is C38H27NO. The van der Waals surface area contributed by atoms with Gasteiger partial charge >= 0.3 is 0 Å². The number of aryl methyl sites for hydroxylation is 1. The van der Waals surface area contributed by atoms with E-state index in [1.165, 1.54) is 32.5 Å². The number of benzene rings is 7. The van der Waals surface area contributed by atoms with Crippen LogP contribution in [0.3, 0.4) is 0 Å². The lowest BCUT2D eigenvalue weighted by molar-refractivity contribution is 0.672. The number of hydrogen-bond acceptors (Lipinski definition) is 2. The molecule has 0 aliphatic rings. The third-order valence-electron chi connectivity index (χ3n) is 8.17. The summed E-state index contributed by atoms with van der Waals surface area (Å²) >= 11 is 0. The van der Waals surface area contributed by atoms with Crippen LogP contribution in [0, 0.1) is 0 Å². The fourth-order valence-corrected chi connectivity index (χ4v) is 6.24. The fourth-order valence-electron chi connectivity index (χ4n) is 6.24. The molecule has 1 aromatic heterocycles. The number of fused-ring (bicyclic) bond motifs is 7. The van der Waals surface area contributed by atoms with Gasteiger partial charge in [0.15, 0.2) is 0 Å². The number of hydrogen-bond donors (Lipinski definition) is 0. The molecule has 8 aromatic rings. The number of rotatable bonds is 4. The zero-order chi connectivity index (χ0) is 26.6. The Morgan fingerprint density at radius 1 is 0.525 bits per heavy atom. The van der Waals surface area contributed by atoms with Gasteiger partial charge in [0, 0.05) is 32.9 Å². The van der Waals surface area contributed by atoms with E-state index in [0.29, 0.717) is 0 Å². The summed E-state index contributed by atoms with van der Waals surface area (Å²) in [5.74, 6) is 0. The summed E-state index contributed by atoms with van der Waals surface area (Å²) in [5.41, 5.74) is 6.60. The highest BCUT2D eigenvalue weighted by Crippen LogP contribution is 2.45. The van der Waals surface area contributed by atoms with Gasteiger partial charge in [0.1, 0.15) is 11.2 Å². The van der Waals surface area contributed by atoms with Crippen molar-refractivity contribution in [1.29, 1.82) is 0 Å². The lowest BCUT2D eigenvalue weighted by Gasteiger charge is -2.28. The van der Waals surface area contributed by atoms with E-state index in [4.69, 9.17) is 4.42 Å². The van der Waals surface area contributed by atoms with Crippen LogP contribution in [0.4, 0.5) is 17.1 Å². The maximum Gasteiger partial charge on any atom is 0.143 e. The SMILES string of the molecule is CCc1cccc2oc3c4ccccc4c(N(c4ccc5ccccc5c4)c4ccc5ccccc5c4)cc3c12. The normalized spacial score (nSPS) is 11.7. The summed E-state index contributed by atoms with van der Waals surface area (Å²) in [6.07, 6.45) is 0.952. The Balaban J connectivity index is 1.50. The van der Waals surface area contributed by atoms with E-state index in [-0.39, 0.29) is 0 Å². The van der Waals surface area contributed by atoms with E-state index in [0.717, 1.165) is 50.8 Å². The van der Waals surface area contributed by atoms with Crippen molar-refractivity contribution in [2.75, 3.05) is 4.90 Å². The summed E-state index contributed by atoms with van der Waals surface area (Å²) in [6, 6.07) is 48.0. The zero-order valence-corrected chi connectivity index (χ0v) is 22.3. The van der Waals surface area contributed by atoms with Gasteiger partial charge in [-0.25, -0.2) is 0 Å². The van der Waals surface area contributed by atoms with Gasteiger partial charge in [0.05, 0.1) is 5.69 Å². The minimum atomic E-state index is 0.944. The van der Waals surface area contributed by atoms with E-state index in [2.05, 4.69) is 145 Å². The molecule has 0 fully saturated rings. The van der Waals surface area contributed by atoms with Gasteiger partial charge in [-0.1, -0.05) is 104 Å². The van der Waals surface area contributed by atoms with E-state index in [9.17, 15) is 0 Å². The molecule has 0 N–H and O–H groups in total. The van der Waals surface area contributed by atoms with Crippen LogP contribution in [0.5, 0.6) is 0 Å². The maximum absolute atomic E-state index is 6.55. The van der Waals surface area contributed by atoms with Gasteiger partial charge in [-0.3, -0.25) is 0 Å². The van der Waals surface area contributed by atoms with Crippen molar-refractivity contribution in [1.82, 2.24) is 0 Å². The average Bonchev–Trinajstić information content (AvgIpc) is 3.40. The lowest BCUT2D eigenvalue weighted by atomic mass is 9.99. The quantitative estimate of drug-likeness (QED) is 0.233. The molecule has 1 heterocycles. The molecule has 0 aliphatic heterocycles. The molecule has 0 unspecified atom stereocenters. The van der Waals surface area contributed by atoms with Crippen molar-refractivity contribution < 1.29 is 4.42 Å². The third kappa shape index (κ3) is 3.50. The second kappa shape index (κ2) is 9.00. The van der Waals surface area contributed by atoms with E-state index >= 15 is 0 Å². The van der Waals surface area contributed by atoms with Crippen molar-refractivity contribution in [2.24, 2.45) is 0 Å². The third-order valence-corrected chi connectivity index (χ3v) is 8.17. The summed E-state index contributed by atoms with van der Waals surface area (Å²) in [5, 5.41) is 9.57. The van der Waals surface area contributed by atoms with Crippen molar-refractivity contribution in [3.8, 4) is 0 Å². The number of anilines is 3. The summed E-state index contributed by atoms with van der Waals surface area (Å²) in [4.78, 5) is 2.41. The standard InChI is InChI=1S/C38H27NO/c1-2-25-14-9-17-36-37(25)34-24-35(32-15-7-8-16-33(32)38(34)40-36)39(30-20-18-26-10-3-5-12-28(26)22-30)31-21-19-27-11-4-6-13-29(27)23-31/h3-24H,2H2,1H3. The summed E-state index contributed by atoms with van der Waals surface area (Å²) in [6.45, 7) is 2.21. The van der Waals surface area contributed by atoms with E-state index < -0.39 is 0 Å². The topological polar surface area (TPSA) is 16.4 Å². The molecule has 0 radical (unpaired) electrons. The van der Waals surface area contributed by atoms with Crippen molar-refractivity contribution in [3.05, 3.63) is 139 Å². The van der Waals surface area contributed by atoms with Crippen LogP contribution in [-0.2, 0) is 6.42 Å². The van der Waals surface area contributed by atoms with Crippen LogP contribution >= 0.6 is 0 Å². The molecule has 0 spiro atoms. The van der Waals surface area contributed by atoms with Crippen LogP contribution in [0.15, 0.2) is 138 Å². The zero-order valence-electron chi connectivity index (χ0n) is 22.3. The van der Waals surface area contributed by atoms with Crippen molar-refractivity contribution >= 4 is 71.3 Å². The van der Waals surface area contributed by atoms with Gasteiger partial charge < -0.3 is 9.32 Å². The van der Waals surface area contributed by atoms with Crippen molar-refractivity contribution in [2.45, 2.75) is 13.3 Å². The van der Waals surface area contributed by atoms with Crippen molar-refractivity contribution in [3.63, 3.8) is 0 Å². The van der Waals surface area contributed by atoms with Crippen LogP contribution in [0.25, 0.3) is 54.3 Å². The highest BCUT2D eigenvalue weighted by atomic mass is 16.3. The summed E-state index contributed by atoms with van der Waals surface area (Å²) < 4.78 is 6.55. The van der Waals surface area contributed by atoms with Gasteiger partial charge in [0.25, 0.3) is 0 Å². The molecule has 0 aliphatic carbocycles. The number of nitrogens with zero attached hydrogens (tertiary/aromatic N) is 1. The molecule has 2 heteroatoms. The Kier molecular flexibility index (Phi) is 5.14. The predicted molar refractivity (Wildman–Crippen MR) is 170 cm³/mol. The minimum absolute atomic E-state index is 0.944. The molecule has 40 heavy (non-hydrogen) atoms. The molecule has 0 saturated carbocycles. The number of furan rings is 1. The molecule has 190 valence electrons. The van der Waals surface area contributed by atoms with Gasteiger partial charge in [0.2, 0.25) is 0 Å². The minimum Gasteiger partial charge on any atom is -0.455 e. The maximum atomic E-state index is 6.55. The first-order valence-corrected chi connectivity index (χ1v) is 13.9. The average molecular weight is 514 g/mol. The molecule has 2 nitrogen and oxygen atoms in total. The van der Waals surface area contributed by atoms with E-state index in [1.807, 2.05) is 0 Å². The summed E-state index contributed by atoms with van der Waals surface area (Å²) in [7, 11) is 0. The molecule has 8 rings (SSSR count). The molecule has 0 saturated heterocycles. The van der Waals surface area contributed by atoms with Crippen LogP contribution < -0.4 is 4.90 Å².